The molecule has 0 saturated carbocycles. The number of pyridine rings is 1. The van der Waals surface area contributed by atoms with E-state index in [-0.39, 0.29) is 17.8 Å². The van der Waals surface area contributed by atoms with E-state index >= 15 is 0 Å². The van der Waals surface area contributed by atoms with Crippen LogP contribution in [0.1, 0.15) is 41.3 Å². The third-order valence-electron chi connectivity index (χ3n) is 4.67. The summed E-state index contributed by atoms with van der Waals surface area (Å²) in [5, 5.41) is 3.04. The van der Waals surface area contributed by atoms with Crippen LogP contribution in [-0.4, -0.2) is 29.6 Å². The molecule has 1 aliphatic carbocycles. The molecule has 1 aromatic heterocycles. The maximum Gasteiger partial charge on any atom is 0.387 e. The minimum Gasteiger partial charge on any atom is -0.435 e. The third kappa shape index (κ3) is 4.93. The summed E-state index contributed by atoms with van der Waals surface area (Å²) < 4.78 is 29.3. The van der Waals surface area contributed by atoms with Crippen molar-refractivity contribution in [1.29, 1.82) is 0 Å². The van der Waals surface area contributed by atoms with E-state index in [1.54, 1.807) is 30.3 Å². The van der Waals surface area contributed by atoms with Crippen LogP contribution >= 0.6 is 0 Å². The van der Waals surface area contributed by atoms with Gasteiger partial charge in [0, 0.05) is 13.2 Å². The van der Waals surface area contributed by atoms with E-state index in [0.29, 0.717) is 6.54 Å². The van der Waals surface area contributed by atoms with Gasteiger partial charge in [0.2, 0.25) is 0 Å². The van der Waals surface area contributed by atoms with Gasteiger partial charge in [0.05, 0.1) is 18.3 Å². The van der Waals surface area contributed by atoms with Gasteiger partial charge < -0.3 is 15.0 Å². The van der Waals surface area contributed by atoms with Gasteiger partial charge in [-0.05, 0) is 61.1 Å². The fraction of sp³-hybridized carbons (Fsp3) is 0.400. The Morgan fingerprint density at radius 1 is 1.37 bits per heavy atom. The molecule has 1 N–H and O–H groups in total. The lowest BCUT2D eigenvalue weighted by molar-refractivity contribution is -0.0499. The molecular formula is C20H23F2N3O2. The fourth-order valence-corrected chi connectivity index (χ4v) is 3.28. The first-order valence-electron chi connectivity index (χ1n) is 8.93. The number of aryl methyl sites for hydroxylation is 2. The highest BCUT2D eigenvalue weighted by molar-refractivity contribution is 5.74. The highest BCUT2D eigenvalue weighted by Crippen LogP contribution is 2.32. The Hall–Kier alpha value is -2.70. The number of amides is 2. The van der Waals surface area contributed by atoms with Crippen molar-refractivity contribution < 1.29 is 18.3 Å². The van der Waals surface area contributed by atoms with Crippen LogP contribution in [0.3, 0.4) is 0 Å². The zero-order valence-corrected chi connectivity index (χ0v) is 15.4. The van der Waals surface area contributed by atoms with E-state index < -0.39 is 6.61 Å². The number of aromatic nitrogens is 1. The number of halogens is 2. The number of alkyl halides is 2. The number of benzene rings is 1. The number of nitrogens with one attached hydrogen (secondary N) is 1. The van der Waals surface area contributed by atoms with Crippen molar-refractivity contribution in [2.24, 2.45) is 0 Å². The molecular weight excluding hydrogens is 352 g/mol. The summed E-state index contributed by atoms with van der Waals surface area (Å²) in [6, 6.07) is 8.45. The zero-order chi connectivity index (χ0) is 19.4. The molecule has 3 rings (SSSR count). The monoisotopic (exact) mass is 375 g/mol. The van der Waals surface area contributed by atoms with Gasteiger partial charge in [-0.1, -0.05) is 12.1 Å². The molecule has 0 unspecified atom stereocenters. The molecule has 0 bridgehead atoms. The Morgan fingerprint density at radius 3 is 2.89 bits per heavy atom. The molecule has 1 aromatic carbocycles. The predicted octanol–water partition coefficient (Wildman–Crippen LogP) is 4.21. The molecule has 1 aliphatic rings. The first kappa shape index (κ1) is 19.1. The lowest BCUT2D eigenvalue weighted by Crippen LogP contribution is -2.40. The summed E-state index contributed by atoms with van der Waals surface area (Å²) in [4.78, 5) is 18.5. The number of fused-ring (bicyclic) bond motifs is 1. The van der Waals surface area contributed by atoms with Gasteiger partial charge in [-0.25, -0.2) is 4.79 Å². The highest BCUT2D eigenvalue weighted by Gasteiger charge is 2.24. The second-order valence-corrected chi connectivity index (χ2v) is 6.82. The molecule has 144 valence electrons. The van der Waals surface area contributed by atoms with Crippen LogP contribution in [0.15, 0.2) is 36.5 Å². The summed E-state index contributed by atoms with van der Waals surface area (Å²) >= 11 is 0. The Bertz CT molecular complexity index is 796. The number of nitrogens with zero attached hydrogens (tertiary/aromatic N) is 2. The van der Waals surface area contributed by atoms with Gasteiger partial charge >= 0.3 is 12.6 Å². The lowest BCUT2D eigenvalue weighted by atomic mass is 9.87. The van der Waals surface area contributed by atoms with Crippen LogP contribution in [0.4, 0.5) is 13.6 Å². The van der Waals surface area contributed by atoms with Gasteiger partial charge in [0.1, 0.15) is 5.75 Å². The second-order valence-electron chi connectivity index (χ2n) is 6.82. The molecule has 0 radical (unpaired) electrons. The van der Waals surface area contributed by atoms with Crippen molar-refractivity contribution in [3.05, 3.63) is 58.9 Å². The molecule has 0 aliphatic heterocycles. The number of hydrogen-bond donors (Lipinski definition) is 1. The molecule has 1 heterocycles. The van der Waals surface area contributed by atoms with E-state index in [1.165, 1.54) is 6.07 Å². The fourth-order valence-electron chi connectivity index (χ4n) is 3.28. The Labute approximate surface area is 157 Å². The van der Waals surface area contributed by atoms with E-state index in [9.17, 15) is 13.6 Å². The summed E-state index contributed by atoms with van der Waals surface area (Å²) in [5.41, 5.74) is 3.78. The average Bonchev–Trinajstić information content (AvgIpc) is 2.63. The number of hydrogen-bond acceptors (Lipinski definition) is 3. The Balaban J connectivity index is 1.65. The van der Waals surface area contributed by atoms with Crippen LogP contribution in [-0.2, 0) is 13.0 Å². The predicted molar refractivity (Wildman–Crippen MR) is 97.7 cm³/mol. The minimum absolute atomic E-state index is 0.143. The molecule has 7 heteroatoms. The summed E-state index contributed by atoms with van der Waals surface area (Å²) in [6.07, 6.45) is 4.24. The molecule has 5 nitrogen and oxygen atoms in total. The molecule has 2 aromatic rings. The van der Waals surface area contributed by atoms with E-state index in [1.807, 2.05) is 19.1 Å². The topological polar surface area (TPSA) is 54.5 Å². The van der Waals surface area contributed by atoms with Gasteiger partial charge in [-0.2, -0.15) is 8.78 Å². The second kappa shape index (κ2) is 8.33. The first-order chi connectivity index (χ1) is 12.9. The summed E-state index contributed by atoms with van der Waals surface area (Å²) in [6.45, 7) is -0.468. The SMILES string of the molecule is Cc1ccc(CN(C)C(=O)N[C@@H]2CCCc3cc(OC(F)F)ccc32)nc1. The van der Waals surface area contributed by atoms with Crippen molar-refractivity contribution in [3.63, 3.8) is 0 Å². The van der Waals surface area contributed by atoms with Crippen LogP contribution in [0.5, 0.6) is 5.75 Å². The van der Waals surface area contributed by atoms with Crippen molar-refractivity contribution in [2.45, 2.75) is 45.4 Å². The van der Waals surface area contributed by atoms with Crippen molar-refractivity contribution in [1.82, 2.24) is 15.2 Å². The molecule has 0 saturated heterocycles. The number of ether oxygens (including phenoxy) is 1. The van der Waals surface area contributed by atoms with Crippen LogP contribution in [0, 0.1) is 6.92 Å². The smallest absolute Gasteiger partial charge is 0.387 e. The van der Waals surface area contributed by atoms with Crippen molar-refractivity contribution >= 4 is 6.03 Å². The van der Waals surface area contributed by atoms with Gasteiger partial charge in [-0.3, -0.25) is 4.98 Å². The van der Waals surface area contributed by atoms with Crippen LogP contribution < -0.4 is 10.1 Å². The maximum absolute atomic E-state index is 12.6. The Morgan fingerprint density at radius 2 is 2.19 bits per heavy atom. The molecule has 27 heavy (non-hydrogen) atoms. The van der Waals surface area contributed by atoms with E-state index in [4.69, 9.17) is 0 Å². The van der Waals surface area contributed by atoms with Crippen molar-refractivity contribution in [2.75, 3.05) is 7.05 Å². The molecule has 2 amide bonds. The van der Waals surface area contributed by atoms with Gasteiger partial charge in [0.25, 0.3) is 0 Å². The van der Waals surface area contributed by atoms with Crippen molar-refractivity contribution in [3.8, 4) is 5.75 Å². The number of carbonyl (C=O) groups is 1. The van der Waals surface area contributed by atoms with Gasteiger partial charge in [0.15, 0.2) is 0 Å². The zero-order valence-electron chi connectivity index (χ0n) is 15.4. The number of urea groups is 1. The van der Waals surface area contributed by atoms with E-state index in [0.717, 1.165) is 41.6 Å². The van der Waals surface area contributed by atoms with Crippen LogP contribution in [0.25, 0.3) is 0 Å². The summed E-state index contributed by atoms with van der Waals surface area (Å²) in [5.74, 6) is 0.151. The molecule has 0 fully saturated rings. The lowest BCUT2D eigenvalue weighted by Gasteiger charge is -2.29. The normalized spacial score (nSPS) is 16.0. The maximum atomic E-state index is 12.6. The highest BCUT2D eigenvalue weighted by atomic mass is 19.3. The average molecular weight is 375 g/mol. The summed E-state index contributed by atoms with van der Waals surface area (Å²) in [7, 11) is 1.72. The Kier molecular flexibility index (Phi) is 5.88. The minimum atomic E-state index is -2.84. The van der Waals surface area contributed by atoms with Gasteiger partial charge in [-0.15, -0.1) is 0 Å². The number of carbonyl (C=O) groups excluding carboxylic acids is 1. The molecule has 1 atom stereocenters. The van der Waals surface area contributed by atoms with Crippen LogP contribution in [0.2, 0.25) is 0 Å². The third-order valence-corrected chi connectivity index (χ3v) is 4.67. The first-order valence-corrected chi connectivity index (χ1v) is 8.93. The number of rotatable bonds is 5. The largest absolute Gasteiger partial charge is 0.435 e. The van der Waals surface area contributed by atoms with E-state index in [2.05, 4.69) is 15.0 Å². The molecule has 0 spiro atoms. The standard InChI is InChI=1S/C20H23F2N3O2/c1-13-6-7-15(23-11-13)12-25(2)20(26)24-18-5-3-4-14-10-16(27-19(21)22)8-9-17(14)18/h6-11,18-19H,3-5,12H2,1-2H3,(H,24,26)/t18-/m1/s1. The quantitative estimate of drug-likeness (QED) is 0.852.